The van der Waals surface area contributed by atoms with Gasteiger partial charge in [0, 0.05) is 13.2 Å². The number of hydrogen-bond donors (Lipinski definition) is 0. The maximum atomic E-state index is 5.56. The van der Waals surface area contributed by atoms with E-state index in [1.807, 2.05) is 0 Å². The first kappa shape index (κ1) is 23.0. The molecule has 0 rings (SSSR count). The van der Waals surface area contributed by atoms with E-state index < -0.39 is 0 Å². The summed E-state index contributed by atoms with van der Waals surface area (Å²) < 4.78 is 5.56. The summed E-state index contributed by atoms with van der Waals surface area (Å²) in [5, 5.41) is 0. The summed E-state index contributed by atoms with van der Waals surface area (Å²) in [6, 6.07) is 0. The third kappa shape index (κ3) is 22.0. The summed E-state index contributed by atoms with van der Waals surface area (Å²) in [6.45, 7) is 6.27. The molecule has 0 aliphatic heterocycles. The van der Waals surface area contributed by atoms with E-state index >= 15 is 0 Å². The molecule has 0 spiro atoms. The fraction of sp³-hybridized carbons (Fsp3) is 0.955. The fourth-order valence-corrected chi connectivity index (χ4v) is 3.06. The van der Waals surface area contributed by atoms with Crippen LogP contribution < -0.4 is 0 Å². The lowest BCUT2D eigenvalue weighted by molar-refractivity contribution is 0.132. The molecule has 0 saturated heterocycles. The normalized spacial score (nSPS) is 11.2. The summed E-state index contributed by atoms with van der Waals surface area (Å²) >= 11 is 0. The zero-order valence-electron chi connectivity index (χ0n) is 16.4. The van der Waals surface area contributed by atoms with Gasteiger partial charge in [-0.25, -0.2) is 0 Å². The molecule has 1 heteroatoms. The van der Waals surface area contributed by atoms with Gasteiger partial charge in [-0.05, 0) is 19.3 Å². The lowest BCUT2D eigenvalue weighted by Crippen LogP contribution is -1.96. The Morgan fingerprint density at radius 2 is 0.913 bits per heavy atom. The molecule has 0 atom stereocenters. The molecule has 0 aromatic rings. The van der Waals surface area contributed by atoms with Crippen LogP contribution in [-0.2, 0) is 4.74 Å². The predicted molar refractivity (Wildman–Crippen MR) is 105 cm³/mol. The first-order chi connectivity index (χ1) is 11.4. The highest BCUT2D eigenvalue weighted by molar-refractivity contribution is 4.53. The summed E-state index contributed by atoms with van der Waals surface area (Å²) in [5.74, 6) is 0. The second kappa shape index (κ2) is 22.0. The van der Waals surface area contributed by atoms with Gasteiger partial charge < -0.3 is 4.74 Å². The molecular weight excluding hydrogens is 280 g/mol. The molecule has 0 bridgehead atoms. The van der Waals surface area contributed by atoms with Crippen molar-refractivity contribution in [2.45, 2.75) is 123 Å². The Morgan fingerprint density at radius 3 is 1.30 bits per heavy atom. The van der Waals surface area contributed by atoms with Crippen LogP contribution in [0, 0.1) is 6.42 Å². The van der Waals surface area contributed by atoms with E-state index in [9.17, 15) is 0 Å². The molecule has 1 radical (unpaired) electrons. The molecule has 0 unspecified atom stereocenters. The van der Waals surface area contributed by atoms with Crippen molar-refractivity contribution in [1.29, 1.82) is 0 Å². The number of hydrogen-bond acceptors (Lipinski definition) is 1. The zero-order valence-corrected chi connectivity index (χ0v) is 16.4. The average Bonchev–Trinajstić information content (AvgIpc) is 2.57. The van der Waals surface area contributed by atoms with E-state index in [0.717, 1.165) is 19.6 Å². The molecule has 0 N–H and O–H groups in total. The molecule has 0 amide bonds. The van der Waals surface area contributed by atoms with Crippen LogP contribution in [0.3, 0.4) is 0 Å². The van der Waals surface area contributed by atoms with E-state index in [2.05, 4.69) is 20.3 Å². The van der Waals surface area contributed by atoms with E-state index in [0.29, 0.717) is 0 Å². The maximum Gasteiger partial charge on any atom is 0.0468 e. The van der Waals surface area contributed by atoms with E-state index in [1.54, 1.807) is 0 Å². The quantitative estimate of drug-likeness (QED) is 0.207. The number of unbranched alkanes of at least 4 members (excludes halogenated alkanes) is 16. The third-order valence-electron chi connectivity index (χ3n) is 4.69. The second-order valence-corrected chi connectivity index (χ2v) is 7.11. The Balaban J connectivity index is 2.92. The van der Waals surface area contributed by atoms with E-state index in [-0.39, 0.29) is 0 Å². The van der Waals surface area contributed by atoms with Gasteiger partial charge in [0.25, 0.3) is 0 Å². The molecule has 0 heterocycles. The van der Waals surface area contributed by atoms with Gasteiger partial charge >= 0.3 is 0 Å². The first-order valence-corrected chi connectivity index (χ1v) is 10.8. The lowest BCUT2D eigenvalue weighted by atomic mass is 10.0. The van der Waals surface area contributed by atoms with Crippen LogP contribution in [0.5, 0.6) is 0 Å². The standard InChI is InChI=1S/C22H45O/c1-3-5-7-8-9-10-11-12-13-14-15-16-17-18-19-20-22-23-21-6-4-2/h4H,3,5-22H2,1-2H3. The Labute approximate surface area is 148 Å². The van der Waals surface area contributed by atoms with Gasteiger partial charge in [-0.1, -0.05) is 110 Å². The Bertz CT molecular complexity index is 170. The molecule has 139 valence electrons. The Kier molecular flexibility index (Phi) is 21.9. The molecule has 0 fully saturated rings. The smallest absolute Gasteiger partial charge is 0.0468 e. The van der Waals surface area contributed by atoms with Crippen LogP contribution >= 0.6 is 0 Å². The summed E-state index contributed by atoms with van der Waals surface area (Å²) in [7, 11) is 0. The molecule has 0 saturated carbocycles. The van der Waals surface area contributed by atoms with Crippen LogP contribution in [0.1, 0.15) is 123 Å². The van der Waals surface area contributed by atoms with Gasteiger partial charge in [0.2, 0.25) is 0 Å². The topological polar surface area (TPSA) is 9.23 Å². The fourth-order valence-electron chi connectivity index (χ4n) is 3.06. The molecule has 23 heavy (non-hydrogen) atoms. The summed E-state index contributed by atoms with van der Waals surface area (Å²) in [4.78, 5) is 0. The van der Waals surface area contributed by atoms with Crippen molar-refractivity contribution in [2.75, 3.05) is 13.2 Å². The SMILES string of the molecule is C[CH]CCOCCCCCCCCCCCCCCCCCC. The van der Waals surface area contributed by atoms with Crippen molar-refractivity contribution in [3.8, 4) is 0 Å². The van der Waals surface area contributed by atoms with Crippen LogP contribution in [0.25, 0.3) is 0 Å². The highest BCUT2D eigenvalue weighted by atomic mass is 16.5. The highest BCUT2D eigenvalue weighted by Gasteiger charge is 1.95. The van der Waals surface area contributed by atoms with Gasteiger partial charge in [-0.2, -0.15) is 0 Å². The molecule has 0 aliphatic rings. The van der Waals surface area contributed by atoms with Crippen molar-refractivity contribution < 1.29 is 4.74 Å². The minimum absolute atomic E-state index is 0.912. The van der Waals surface area contributed by atoms with E-state index in [4.69, 9.17) is 4.74 Å². The molecule has 1 nitrogen and oxygen atoms in total. The third-order valence-corrected chi connectivity index (χ3v) is 4.69. The predicted octanol–water partition coefficient (Wildman–Crippen LogP) is 7.88. The van der Waals surface area contributed by atoms with Crippen LogP contribution in [0.15, 0.2) is 0 Å². The highest BCUT2D eigenvalue weighted by Crippen LogP contribution is 2.13. The molecule has 0 aliphatic carbocycles. The van der Waals surface area contributed by atoms with Gasteiger partial charge in [0.15, 0.2) is 0 Å². The molecular formula is C22H45O. The first-order valence-electron chi connectivity index (χ1n) is 10.8. The van der Waals surface area contributed by atoms with Crippen LogP contribution in [0.2, 0.25) is 0 Å². The summed E-state index contributed by atoms with van der Waals surface area (Å²) in [5.41, 5.74) is 0. The van der Waals surface area contributed by atoms with Gasteiger partial charge in [-0.3, -0.25) is 0 Å². The average molecular weight is 326 g/mol. The van der Waals surface area contributed by atoms with Gasteiger partial charge in [-0.15, -0.1) is 0 Å². The largest absolute Gasteiger partial charge is 0.381 e. The van der Waals surface area contributed by atoms with Crippen molar-refractivity contribution in [2.24, 2.45) is 0 Å². The van der Waals surface area contributed by atoms with Crippen molar-refractivity contribution in [3.63, 3.8) is 0 Å². The minimum atomic E-state index is 0.912. The lowest BCUT2D eigenvalue weighted by Gasteiger charge is -2.04. The monoisotopic (exact) mass is 325 g/mol. The van der Waals surface area contributed by atoms with Crippen LogP contribution in [0.4, 0.5) is 0 Å². The number of rotatable bonds is 20. The Hall–Kier alpha value is -0.0400. The van der Waals surface area contributed by atoms with Gasteiger partial charge in [0.05, 0.1) is 0 Å². The number of ether oxygens (including phenoxy) is 1. The van der Waals surface area contributed by atoms with Crippen molar-refractivity contribution in [1.82, 2.24) is 0 Å². The van der Waals surface area contributed by atoms with Gasteiger partial charge in [0.1, 0.15) is 0 Å². The molecule has 0 aromatic carbocycles. The second-order valence-electron chi connectivity index (χ2n) is 7.11. The van der Waals surface area contributed by atoms with Crippen molar-refractivity contribution >= 4 is 0 Å². The zero-order chi connectivity index (χ0) is 16.8. The summed E-state index contributed by atoms with van der Waals surface area (Å²) in [6.07, 6.45) is 26.2. The van der Waals surface area contributed by atoms with Crippen LogP contribution in [-0.4, -0.2) is 13.2 Å². The van der Waals surface area contributed by atoms with E-state index in [1.165, 1.54) is 103 Å². The van der Waals surface area contributed by atoms with Crippen molar-refractivity contribution in [3.05, 3.63) is 6.42 Å². The minimum Gasteiger partial charge on any atom is -0.381 e. The molecule has 0 aromatic heterocycles. The maximum absolute atomic E-state index is 5.56. The Morgan fingerprint density at radius 1 is 0.522 bits per heavy atom.